The molecule has 1 saturated heterocycles. The lowest BCUT2D eigenvalue weighted by Crippen LogP contribution is -2.43. The number of likely N-dealkylation sites (tertiary alicyclic amines) is 1. The van der Waals surface area contributed by atoms with Gasteiger partial charge in [0.15, 0.2) is 0 Å². The zero-order valence-corrected chi connectivity index (χ0v) is 12.4. The number of hydrogen-bond acceptors (Lipinski definition) is 2. The van der Waals surface area contributed by atoms with Crippen molar-refractivity contribution in [2.45, 2.75) is 58.8 Å². The molecule has 0 unspecified atom stereocenters. The van der Waals surface area contributed by atoms with Crippen molar-refractivity contribution in [1.82, 2.24) is 4.90 Å². The largest absolute Gasteiger partial charge is 0.342 e. The van der Waals surface area contributed by atoms with Crippen LogP contribution in [-0.2, 0) is 9.59 Å². The smallest absolute Gasteiger partial charge is 0.225 e. The average Bonchev–Trinajstić information content (AvgIpc) is 2.46. The van der Waals surface area contributed by atoms with Crippen LogP contribution in [-0.4, -0.2) is 29.7 Å². The Kier molecular flexibility index (Phi) is 5.00. The quantitative estimate of drug-likeness (QED) is 0.786. The number of piperidine rings is 1. The molecule has 2 aliphatic rings. The summed E-state index contributed by atoms with van der Waals surface area (Å²) in [6.07, 6.45) is 7.57. The molecule has 1 heterocycles. The molecule has 2 fully saturated rings. The van der Waals surface area contributed by atoms with Gasteiger partial charge in [0.25, 0.3) is 0 Å². The van der Waals surface area contributed by atoms with Crippen molar-refractivity contribution in [2.75, 3.05) is 13.1 Å². The Bertz CT molecular complexity index is 324. The first-order chi connectivity index (χ1) is 9.11. The standard InChI is InChI=1S/C16H27NO2/c1-3-13-4-6-15(7-5-13)16(19)17-10-8-14(9-11-17)12(2)18/h13-15H,3-11H2,1-2H3. The first-order valence-electron chi connectivity index (χ1n) is 7.91. The summed E-state index contributed by atoms with van der Waals surface area (Å²) in [5.41, 5.74) is 0. The second-order valence-electron chi connectivity index (χ2n) is 6.34. The molecule has 1 saturated carbocycles. The van der Waals surface area contributed by atoms with Crippen molar-refractivity contribution in [3.05, 3.63) is 0 Å². The van der Waals surface area contributed by atoms with Gasteiger partial charge in [0.05, 0.1) is 0 Å². The number of rotatable bonds is 3. The molecule has 0 bridgehead atoms. The van der Waals surface area contributed by atoms with Gasteiger partial charge < -0.3 is 4.90 Å². The van der Waals surface area contributed by atoms with Crippen molar-refractivity contribution < 1.29 is 9.59 Å². The number of amides is 1. The van der Waals surface area contributed by atoms with Gasteiger partial charge in [0.1, 0.15) is 5.78 Å². The van der Waals surface area contributed by atoms with Gasteiger partial charge in [-0.2, -0.15) is 0 Å². The Morgan fingerprint density at radius 1 is 0.947 bits per heavy atom. The third kappa shape index (κ3) is 3.58. The van der Waals surface area contributed by atoms with E-state index in [0.29, 0.717) is 5.91 Å². The Morgan fingerprint density at radius 2 is 1.53 bits per heavy atom. The summed E-state index contributed by atoms with van der Waals surface area (Å²) in [6, 6.07) is 0. The van der Waals surface area contributed by atoms with Gasteiger partial charge in [-0.1, -0.05) is 13.3 Å². The maximum absolute atomic E-state index is 12.5. The highest BCUT2D eigenvalue weighted by Crippen LogP contribution is 2.32. The van der Waals surface area contributed by atoms with E-state index >= 15 is 0 Å². The molecular formula is C16H27NO2. The summed E-state index contributed by atoms with van der Waals surface area (Å²) in [5.74, 6) is 1.94. The zero-order chi connectivity index (χ0) is 13.8. The Labute approximate surface area is 116 Å². The fourth-order valence-corrected chi connectivity index (χ4v) is 3.58. The Hall–Kier alpha value is -0.860. The maximum Gasteiger partial charge on any atom is 0.225 e. The van der Waals surface area contributed by atoms with Crippen molar-refractivity contribution >= 4 is 11.7 Å². The van der Waals surface area contributed by atoms with Gasteiger partial charge in [-0.25, -0.2) is 0 Å². The van der Waals surface area contributed by atoms with Crippen LogP contribution in [0.15, 0.2) is 0 Å². The van der Waals surface area contributed by atoms with Crippen LogP contribution in [0.1, 0.15) is 58.8 Å². The van der Waals surface area contributed by atoms with Crippen molar-refractivity contribution in [3.63, 3.8) is 0 Å². The molecule has 0 spiro atoms. The number of ketones is 1. The van der Waals surface area contributed by atoms with Crippen LogP contribution < -0.4 is 0 Å². The minimum Gasteiger partial charge on any atom is -0.342 e. The summed E-state index contributed by atoms with van der Waals surface area (Å²) in [4.78, 5) is 25.8. The van der Waals surface area contributed by atoms with Crippen LogP contribution in [0.5, 0.6) is 0 Å². The highest BCUT2D eigenvalue weighted by Gasteiger charge is 2.31. The van der Waals surface area contributed by atoms with E-state index in [9.17, 15) is 9.59 Å². The zero-order valence-electron chi connectivity index (χ0n) is 12.4. The monoisotopic (exact) mass is 265 g/mol. The highest BCUT2D eigenvalue weighted by atomic mass is 16.2. The van der Waals surface area contributed by atoms with E-state index < -0.39 is 0 Å². The number of carbonyl (C=O) groups excluding carboxylic acids is 2. The molecule has 2 rings (SSSR count). The second-order valence-corrected chi connectivity index (χ2v) is 6.34. The van der Waals surface area contributed by atoms with E-state index in [1.54, 1.807) is 6.92 Å². The van der Waals surface area contributed by atoms with Crippen molar-refractivity contribution in [1.29, 1.82) is 0 Å². The SMILES string of the molecule is CCC1CCC(C(=O)N2CCC(C(C)=O)CC2)CC1. The van der Waals surface area contributed by atoms with E-state index in [-0.39, 0.29) is 17.6 Å². The van der Waals surface area contributed by atoms with Gasteiger partial charge in [-0.15, -0.1) is 0 Å². The Balaban J connectivity index is 1.80. The van der Waals surface area contributed by atoms with E-state index in [1.165, 1.54) is 19.3 Å². The molecule has 3 heteroatoms. The normalized spacial score (nSPS) is 29.3. The van der Waals surface area contributed by atoms with Crippen LogP contribution in [0.4, 0.5) is 0 Å². The topological polar surface area (TPSA) is 37.4 Å². The summed E-state index contributed by atoms with van der Waals surface area (Å²) in [5, 5.41) is 0. The average molecular weight is 265 g/mol. The van der Waals surface area contributed by atoms with Crippen LogP contribution in [0.3, 0.4) is 0 Å². The van der Waals surface area contributed by atoms with Crippen molar-refractivity contribution in [3.8, 4) is 0 Å². The molecule has 0 aromatic heterocycles. The summed E-state index contributed by atoms with van der Waals surface area (Å²) >= 11 is 0. The lowest BCUT2D eigenvalue weighted by atomic mass is 9.80. The summed E-state index contributed by atoms with van der Waals surface area (Å²) in [7, 11) is 0. The molecule has 108 valence electrons. The molecular weight excluding hydrogens is 238 g/mol. The molecule has 0 aromatic carbocycles. The van der Waals surface area contributed by atoms with Crippen molar-refractivity contribution in [2.24, 2.45) is 17.8 Å². The number of nitrogens with zero attached hydrogens (tertiary/aromatic N) is 1. The first-order valence-corrected chi connectivity index (χ1v) is 7.91. The van der Waals surface area contributed by atoms with E-state index in [2.05, 4.69) is 6.92 Å². The summed E-state index contributed by atoms with van der Waals surface area (Å²) in [6.45, 7) is 5.50. The Morgan fingerprint density at radius 3 is 2.00 bits per heavy atom. The van der Waals surface area contributed by atoms with Gasteiger partial charge in [0.2, 0.25) is 5.91 Å². The van der Waals surface area contributed by atoms with Crippen LogP contribution in [0, 0.1) is 17.8 Å². The molecule has 1 aliphatic carbocycles. The second kappa shape index (κ2) is 6.53. The third-order valence-corrected chi connectivity index (χ3v) is 5.15. The number of Topliss-reactive ketones (excluding diaryl/α,β-unsaturated/α-hetero) is 1. The van der Waals surface area contributed by atoms with E-state index in [1.807, 2.05) is 4.90 Å². The first kappa shape index (κ1) is 14.5. The molecule has 0 aromatic rings. The molecule has 0 N–H and O–H groups in total. The third-order valence-electron chi connectivity index (χ3n) is 5.15. The fraction of sp³-hybridized carbons (Fsp3) is 0.875. The molecule has 0 radical (unpaired) electrons. The predicted octanol–water partition coefficient (Wildman–Crippen LogP) is 3.03. The maximum atomic E-state index is 12.5. The van der Waals surface area contributed by atoms with Gasteiger partial charge in [0, 0.05) is 24.9 Å². The van der Waals surface area contributed by atoms with E-state index in [4.69, 9.17) is 0 Å². The minimum absolute atomic E-state index is 0.194. The molecule has 0 atom stereocenters. The molecule has 1 aliphatic heterocycles. The fourth-order valence-electron chi connectivity index (χ4n) is 3.58. The molecule has 1 amide bonds. The summed E-state index contributed by atoms with van der Waals surface area (Å²) < 4.78 is 0. The molecule has 19 heavy (non-hydrogen) atoms. The minimum atomic E-state index is 0.194. The lowest BCUT2D eigenvalue weighted by Gasteiger charge is -2.35. The number of hydrogen-bond donors (Lipinski definition) is 0. The van der Waals surface area contributed by atoms with Crippen LogP contribution >= 0.6 is 0 Å². The lowest BCUT2D eigenvalue weighted by molar-refractivity contribution is -0.139. The highest BCUT2D eigenvalue weighted by molar-refractivity contribution is 5.81. The number of carbonyl (C=O) groups is 2. The molecule has 3 nitrogen and oxygen atoms in total. The predicted molar refractivity (Wildman–Crippen MR) is 75.7 cm³/mol. The van der Waals surface area contributed by atoms with E-state index in [0.717, 1.165) is 44.7 Å². The van der Waals surface area contributed by atoms with Gasteiger partial charge >= 0.3 is 0 Å². The van der Waals surface area contributed by atoms with Gasteiger partial charge in [-0.3, -0.25) is 9.59 Å². The van der Waals surface area contributed by atoms with Crippen LogP contribution in [0.2, 0.25) is 0 Å². The van der Waals surface area contributed by atoms with Crippen LogP contribution in [0.25, 0.3) is 0 Å². The van der Waals surface area contributed by atoms with Gasteiger partial charge in [-0.05, 0) is 51.4 Å².